The van der Waals surface area contributed by atoms with Crippen molar-refractivity contribution in [1.82, 2.24) is 4.90 Å². The van der Waals surface area contributed by atoms with Crippen LogP contribution in [-0.4, -0.2) is 56.0 Å². The van der Waals surface area contributed by atoms with E-state index in [0.29, 0.717) is 29.5 Å². The number of carbonyl (C=O) groups is 2. The lowest BCUT2D eigenvalue weighted by Crippen LogP contribution is -2.52. The first kappa shape index (κ1) is 18.6. The van der Waals surface area contributed by atoms with E-state index >= 15 is 0 Å². The summed E-state index contributed by atoms with van der Waals surface area (Å²) in [6.45, 7) is 5.16. The molecule has 0 bridgehead atoms. The number of piperazine rings is 1. The lowest BCUT2D eigenvalue weighted by molar-refractivity contribution is -0.133. The van der Waals surface area contributed by atoms with E-state index in [1.165, 1.54) is 11.3 Å². The van der Waals surface area contributed by atoms with E-state index in [0.717, 1.165) is 13.1 Å². The molecule has 0 atom stereocenters. The number of esters is 1. The Morgan fingerprint density at radius 1 is 1.11 bits per heavy atom. The molecule has 6 nitrogen and oxygen atoms in total. The molecule has 2 heterocycles. The number of carbonyl (C=O) groups excluding carboxylic acids is 2. The molecule has 0 aliphatic carbocycles. The Labute approximate surface area is 169 Å². The molecule has 0 aromatic heterocycles. The third-order valence-corrected chi connectivity index (χ3v) is 5.37. The molecule has 2 aliphatic rings. The van der Waals surface area contributed by atoms with Gasteiger partial charge in [-0.15, -0.1) is 0 Å². The van der Waals surface area contributed by atoms with Crippen LogP contribution in [0, 0.1) is 6.92 Å². The van der Waals surface area contributed by atoms with Crippen molar-refractivity contribution in [1.29, 1.82) is 0 Å². The van der Waals surface area contributed by atoms with Crippen molar-refractivity contribution in [3.05, 3.63) is 53.1 Å². The standard InChI is InChI=1S/C21H22ClN3O3/c1-15-3-2-4-17(11-15)23-7-9-24(10-8-23)20(26)13-25-14-21(27)28-19-6-5-16(22)12-18(19)25/h2-6,11-12H,7-10,13-14H2,1H3. The third-order valence-electron chi connectivity index (χ3n) is 5.13. The fourth-order valence-corrected chi connectivity index (χ4v) is 3.83. The second-order valence-electron chi connectivity index (χ2n) is 7.15. The van der Waals surface area contributed by atoms with Crippen molar-refractivity contribution in [3.63, 3.8) is 0 Å². The molecular weight excluding hydrogens is 378 g/mol. The normalized spacial score (nSPS) is 16.6. The van der Waals surface area contributed by atoms with Gasteiger partial charge in [0.05, 0.1) is 12.2 Å². The van der Waals surface area contributed by atoms with Crippen LogP contribution >= 0.6 is 11.6 Å². The van der Waals surface area contributed by atoms with Crippen molar-refractivity contribution in [2.24, 2.45) is 0 Å². The number of amides is 1. The molecule has 1 amide bonds. The van der Waals surface area contributed by atoms with E-state index in [-0.39, 0.29) is 25.0 Å². The average molecular weight is 400 g/mol. The van der Waals surface area contributed by atoms with Gasteiger partial charge >= 0.3 is 5.97 Å². The topological polar surface area (TPSA) is 53.1 Å². The van der Waals surface area contributed by atoms with Crippen molar-refractivity contribution in [2.45, 2.75) is 6.92 Å². The summed E-state index contributed by atoms with van der Waals surface area (Å²) < 4.78 is 5.25. The van der Waals surface area contributed by atoms with Crippen LogP contribution in [0.2, 0.25) is 5.02 Å². The number of fused-ring (bicyclic) bond motifs is 1. The number of hydrogen-bond donors (Lipinski definition) is 0. The van der Waals surface area contributed by atoms with Gasteiger partial charge in [-0.05, 0) is 42.8 Å². The van der Waals surface area contributed by atoms with Gasteiger partial charge in [-0.1, -0.05) is 23.7 Å². The van der Waals surface area contributed by atoms with Gasteiger partial charge in [0.25, 0.3) is 0 Å². The second kappa shape index (κ2) is 7.72. The summed E-state index contributed by atoms with van der Waals surface area (Å²) in [5.41, 5.74) is 3.10. The highest BCUT2D eigenvalue weighted by molar-refractivity contribution is 6.31. The summed E-state index contributed by atoms with van der Waals surface area (Å²) in [6, 6.07) is 13.5. The highest BCUT2D eigenvalue weighted by Gasteiger charge is 2.29. The minimum atomic E-state index is -0.369. The number of halogens is 1. The van der Waals surface area contributed by atoms with E-state index in [9.17, 15) is 9.59 Å². The molecule has 146 valence electrons. The van der Waals surface area contributed by atoms with Crippen LogP contribution in [0.1, 0.15) is 5.56 Å². The maximum Gasteiger partial charge on any atom is 0.331 e. The summed E-state index contributed by atoms with van der Waals surface area (Å²) in [7, 11) is 0. The first-order valence-corrected chi connectivity index (χ1v) is 9.72. The quantitative estimate of drug-likeness (QED) is 0.586. The van der Waals surface area contributed by atoms with Crippen LogP contribution in [0.5, 0.6) is 5.75 Å². The summed E-state index contributed by atoms with van der Waals surface area (Å²) in [4.78, 5) is 30.6. The highest BCUT2D eigenvalue weighted by atomic mass is 35.5. The number of anilines is 2. The van der Waals surface area contributed by atoms with E-state index in [1.807, 2.05) is 4.90 Å². The zero-order valence-electron chi connectivity index (χ0n) is 15.7. The minimum absolute atomic E-state index is 0.00418. The smallest absolute Gasteiger partial charge is 0.331 e. The number of rotatable bonds is 3. The maximum atomic E-state index is 12.8. The first-order chi connectivity index (χ1) is 13.5. The Hall–Kier alpha value is -2.73. The first-order valence-electron chi connectivity index (χ1n) is 9.34. The molecule has 0 radical (unpaired) electrons. The Morgan fingerprint density at radius 2 is 1.89 bits per heavy atom. The van der Waals surface area contributed by atoms with E-state index in [2.05, 4.69) is 36.1 Å². The fraction of sp³-hybridized carbons (Fsp3) is 0.333. The Morgan fingerprint density at radius 3 is 2.64 bits per heavy atom. The lowest BCUT2D eigenvalue weighted by atomic mass is 10.2. The number of hydrogen-bond acceptors (Lipinski definition) is 5. The summed E-state index contributed by atoms with van der Waals surface area (Å²) in [5, 5.41) is 0.543. The van der Waals surface area contributed by atoms with Gasteiger partial charge in [0.1, 0.15) is 6.54 Å². The summed E-state index contributed by atoms with van der Waals surface area (Å²) in [6.07, 6.45) is 0. The van der Waals surface area contributed by atoms with Crippen molar-refractivity contribution < 1.29 is 14.3 Å². The van der Waals surface area contributed by atoms with Crippen LogP contribution in [0.4, 0.5) is 11.4 Å². The van der Waals surface area contributed by atoms with Gasteiger partial charge in [0.15, 0.2) is 5.75 Å². The largest absolute Gasteiger partial charge is 0.423 e. The molecule has 2 aliphatic heterocycles. The van der Waals surface area contributed by atoms with Crippen molar-refractivity contribution in [3.8, 4) is 5.75 Å². The molecule has 1 fully saturated rings. The predicted molar refractivity (Wildman–Crippen MR) is 109 cm³/mol. The van der Waals surface area contributed by atoms with Gasteiger partial charge in [-0.2, -0.15) is 0 Å². The van der Waals surface area contributed by atoms with E-state index in [1.54, 1.807) is 23.1 Å². The van der Waals surface area contributed by atoms with Gasteiger partial charge in [-0.3, -0.25) is 4.79 Å². The predicted octanol–water partition coefficient (Wildman–Crippen LogP) is 2.72. The SMILES string of the molecule is Cc1cccc(N2CCN(C(=O)CN3CC(=O)Oc4ccc(Cl)cc43)CC2)c1. The fourth-order valence-electron chi connectivity index (χ4n) is 3.66. The van der Waals surface area contributed by atoms with E-state index < -0.39 is 0 Å². The Balaban J connectivity index is 1.40. The lowest BCUT2D eigenvalue weighted by Gasteiger charge is -2.38. The van der Waals surface area contributed by atoms with Crippen LogP contribution in [0.15, 0.2) is 42.5 Å². The van der Waals surface area contributed by atoms with Crippen LogP contribution in [-0.2, 0) is 9.59 Å². The van der Waals surface area contributed by atoms with Crippen LogP contribution < -0.4 is 14.5 Å². The van der Waals surface area contributed by atoms with Gasteiger partial charge < -0.3 is 19.4 Å². The molecule has 0 unspecified atom stereocenters. The molecule has 2 aromatic rings. The number of ether oxygens (including phenoxy) is 1. The Kier molecular flexibility index (Phi) is 5.13. The monoisotopic (exact) mass is 399 g/mol. The highest BCUT2D eigenvalue weighted by Crippen LogP contribution is 2.34. The second-order valence-corrected chi connectivity index (χ2v) is 7.59. The zero-order valence-corrected chi connectivity index (χ0v) is 16.5. The minimum Gasteiger partial charge on any atom is -0.423 e. The van der Waals surface area contributed by atoms with E-state index in [4.69, 9.17) is 16.3 Å². The van der Waals surface area contributed by atoms with Gasteiger partial charge in [0.2, 0.25) is 5.91 Å². The van der Waals surface area contributed by atoms with Crippen molar-refractivity contribution in [2.75, 3.05) is 49.1 Å². The number of aryl methyl sites for hydroxylation is 1. The molecule has 2 aromatic carbocycles. The number of nitrogens with zero attached hydrogens (tertiary/aromatic N) is 3. The third kappa shape index (κ3) is 3.92. The summed E-state index contributed by atoms with van der Waals surface area (Å²) in [5.74, 6) is 0.0779. The van der Waals surface area contributed by atoms with Crippen LogP contribution in [0.3, 0.4) is 0 Å². The Bertz CT molecular complexity index is 910. The molecule has 28 heavy (non-hydrogen) atoms. The van der Waals surface area contributed by atoms with Gasteiger partial charge in [-0.25, -0.2) is 4.79 Å². The van der Waals surface area contributed by atoms with Crippen LogP contribution in [0.25, 0.3) is 0 Å². The molecule has 0 N–H and O–H groups in total. The number of benzene rings is 2. The maximum absolute atomic E-state index is 12.8. The average Bonchev–Trinajstić information content (AvgIpc) is 2.68. The zero-order chi connectivity index (χ0) is 19.7. The summed E-state index contributed by atoms with van der Waals surface area (Å²) >= 11 is 6.08. The molecule has 4 rings (SSSR count). The molecular formula is C21H22ClN3O3. The molecule has 7 heteroatoms. The molecule has 0 spiro atoms. The molecule has 0 saturated carbocycles. The molecule has 1 saturated heterocycles. The van der Waals surface area contributed by atoms with Crippen molar-refractivity contribution >= 4 is 34.9 Å². The van der Waals surface area contributed by atoms with Gasteiger partial charge in [0, 0.05) is 36.9 Å².